The Hall–Kier alpha value is -1.72. The van der Waals surface area contributed by atoms with Crippen molar-refractivity contribution in [3.63, 3.8) is 0 Å². The molecule has 1 aromatic heterocycles. The molecule has 0 aromatic carbocycles. The molecule has 122 valence electrons. The molecule has 6 nitrogen and oxygen atoms in total. The van der Waals surface area contributed by atoms with E-state index in [-0.39, 0.29) is 11.8 Å². The molecule has 2 rings (SSSR count). The number of aromatic nitrogens is 3. The van der Waals surface area contributed by atoms with Crippen LogP contribution in [0.1, 0.15) is 45.5 Å². The van der Waals surface area contributed by atoms with Gasteiger partial charge in [-0.1, -0.05) is 27.7 Å². The van der Waals surface area contributed by atoms with Crippen LogP contribution in [0.2, 0.25) is 0 Å². The van der Waals surface area contributed by atoms with Crippen LogP contribution in [0.15, 0.2) is 0 Å². The van der Waals surface area contributed by atoms with E-state index in [1.54, 1.807) is 0 Å². The maximum atomic E-state index is 12.1. The minimum absolute atomic E-state index is 0.0556. The molecule has 22 heavy (non-hydrogen) atoms. The Morgan fingerprint density at radius 2 is 1.77 bits per heavy atom. The van der Waals surface area contributed by atoms with Crippen LogP contribution in [0.4, 0.5) is 5.95 Å². The minimum atomic E-state index is 0.0556. The van der Waals surface area contributed by atoms with E-state index in [1.807, 2.05) is 18.7 Å². The zero-order chi connectivity index (χ0) is 16.1. The molecule has 1 aromatic rings. The normalized spacial score (nSPS) is 16.0. The first kappa shape index (κ1) is 16.6. The van der Waals surface area contributed by atoms with Crippen molar-refractivity contribution in [3.8, 4) is 0 Å². The standard InChI is InChI=1S/C16H27N5O/c1-5-13-14(6-2)18-19-16(17-13)21-9-7-8-20(10-11-21)15(22)12(3)4/h12H,5-11H2,1-4H3. The summed E-state index contributed by atoms with van der Waals surface area (Å²) in [7, 11) is 0. The van der Waals surface area contributed by atoms with Crippen molar-refractivity contribution >= 4 is 11.9 Å². The van der Waals surface area contributed by atoms with Gasteiger partial charge >= 0.3 is 0 Å². The molecule has 1 aliphatic heterocycles. The second kappa shape index (κ2) is 7.51. The number of nitrogens with zero attached hydrogens (tertiary/aromatic N) is 5. The molecular formula is C16H27N5O. The third-order valence-corrected chi connectivity index (χ3v) is 4.08. The Bertz CT molecular complexity index is 517. The molecule has 0 saturated carbocycles. The molecule has 0 unspecified atom stereocenters. The number of hydrogen-bond acceptors (Lipinski definition) is 5. The van der Waals surface area contributed by atoms with Gasteiger partial charge in [0.15, 0.2) is 0 Å². The molecule has 0 bridgehead atoms. The number of aryl methyl sites for hydroxylation is 2. The van der Waals surface area contributed by atoms with Crippen molar-refractivity contribution in [1.29, 1.82) is 0 Å². The number of rotatable bonds is 4. The molecule has 1 saturated heterocycles. The monoisotopic (exact) mass is 305 g/mol. The van der Waals surface area contributed by atoms with E-state index in [1.165, 1.54) is 0 Å². The SMILES string of the molecule is CCc1nnc(N2CCCN(C(=O)C(C)C)CC2)nc1CC. The van der Waals surface area contributed by atoms with Gasteiger partial charge in [-0.15, -0.1) is 5.10 Å². The molecular weight excluding hydrogens is 278 g/mol. The minimum Gasteiger partial charge on any atom is -0.341 e. The van der Waals surface area contributed by atoms with E-state index >= 15 is 0 Å². The molecule has 0 atom stereocenters. The molecule has 2 heterocycles. The number of carbonyl (C=O) groups excluding carboxylic acids is 1. The van der Waals surface area contributed by atoms with Crippen LogP contribution >= 0.6 is 0 Å². The summed E-state index contributed by atoms with van der Waals surface area (Å²) in [6.07, 6.45) is 2.68. The van der Waals surface area contributed by atoms with Gasteiger partial charge in [-0.05, 0) is 19.3 Å². The van der Waals surface area contributed by atoms with E-state index < -0.39 is 0 Å². The lowest BCUT2D eigenvalue weighted by Gasteiger charge is -2.23. The first-order valence-corrected chi connectivity index (χ1v) is 8.33. The van der Waals surface area contributed by atoms with Crippen LogP contribution in [0.25, 0.3) is 0 Å². The van der Waals surface area contributed by atoms with Crippen LogP contribution < -0.4 is 4.90 Å². The van der Waals surface area contributed by atoms with Crippen molar-refractivity contribution in [2.75, 3.05) is 31.1 Å². The van der Waals surface area contributed by atoms with Crippen LogP contribution in [0.5, 0.6) is 0 Å². The Kier molecular flexibility index (Phi) is 5.69. The smallest absolute Gasteiger partial charge is 0.245 e. The fourth-order valence-electron chi connectivity index (χ4n) is 2.77. The summed E-state index contributed by atoms with van der Waals surface area (Å²) in [6, 6.07) is 0. The molecule has 1 amide bonds. The Morgan fingerprint density at radius 3 is 2.41 bits per heavy atom. The van der Waals surface area contributed by atoms with Gasteiger partial charge in [0.2, 0.25) is 11.9 Å². The van der Waals surface area contributed by atoms with Gasteiger partial charge in [0, 0.05) is 32.1 Å². The van der Waals surface area contributed by atoms with E-state index in [2.05, 4.69) is 33.9 Å². The van der Waals surface area contributed by atoms with Gasteiger partial charge < -0.3 is 9.80 Å². The highest BCUT2D eigenvalue weighted by Gasteiger charge is 2.22. The topological polar surface area (TPSA) is 62.2 Å². The van der Waals surface area contributed by atoms with Crippen molar-refractivity contribution in [2.24, 2.45) is 5.92 Å². The van der Waals surface area contributed by atoms with Gasteiger partial charge in [-0.25, -0.2) is 4.98 Å². The van der Waals surface area contributed by atoms with E-state index in [0.717, 1.165) is 56.8 Å². The summed E-state index contributed by atoms with van der Waals surface area (Å²) in [5.74, 6) is 0.990. The summed E-state index contributed by atoms with van der Waals surface area (Å²) in [6.45, 7) is 11.3. The highest BCUT2D eigenvalue weighted by molar-refractivity contribution is 5.78. The largest absolute Gasteiger partial charge is 0.341 e. The predicted molar refractivity (Wildman–Crippen MR) is 86.8 cm³/mol. The third kappa shape index (κ3) is 3.72. The lowest BCUT2D eigenvalue weighted by atomic mass is 10.2. The predicted octanol–water partition coefficient (Wildman–Crippen LogP) is 1.69. The summed E-state index contributed by atoms with van der Waals surface area (Å²) in [4.78, 5) is 20.9. The van der Waals surface area contributed by atoms with Crippen molar-refractivity contribution < 1.29 is 4.79 Å². The molecule has 6 heteroatoms. The van der Waals surface area contributed by atoms with Gasteiger partial charge in [0.05, 0.1) is 11.4 Å². The zero-order valence-electron chi connectivity index (χ0n) is 14.2. The fourth-order valence-corrected chi connectivity index (χ4v) is 2.77. The van der Waals surface area contributed by atoms with Gasteiger partial charge in [0.25, 0.3) is 0 Å². The van der Waals surface area contributed by atoms with Gasteiger partial charge in [-0.2, -0.15) is 5.10 Å². The van der Waals surface area contributed by atoms with Crippen molar-refractivity contribution in [1.82, 2.24) is 20.1 Å². The van der Waals surface area contributed by atoms with E-state index in [0.29, 0.717) is 5.95 Å². The number of hydrogen-bond donors (Lipinski definition) is 0. The average Bonchev–Trinajstić information content (AvgIpc) is 2.79. The summed E-state index contributed by atoms with van der Waals surface area (Å²) in [5.41, 5.74) is 2.02. The zero-order valence-corrected chi connectivity index (χ0v) is 14.2. The summed E-state index contributed by atoms with van der Waals surface area (Å²) >= 11 is 0. The molecule has 1 fully saturated rings. The van der Waals surface area contributed by atoms with Gasteiger partial charge in [0.1, 0.15) is 0 Å². The Labute approximate surface area is 132 Å². The Morgan fingerprint density at radius 1 is 1.05 bits per heavy atom. The number of amides is 1. The molecule has 0 aliphatic carbocycles. The maximum absolute atomic E-state index is 12.1. The van der Waals surface area contributed by atoms with E-state index in [9.17, 15) is 4.79 Å². The van der Waals surface area contributed by atoms with Crippen molar-refractivity contribution in [2.45, 2.75) is 47.0 Å². The van der Waals surface area contributed by atoms with Crippen LogP contribution in [-0.2, 0) is 17.6 Å². The van der Waals surface area contributed by atoms with Crippen molar-refractivity contribution in [3.05, 3.63) is 11.4 Å². The second-order valence-electron chi connectivity index (χ2n) is 6.03. The quantitative estimate of drug-likeness (QED) is 0.847. The lowest BCUT2D eigenvalue weighted by Crippen LogP contribution is -2.37. The lowest BCUT2D eigenvalue weighted by molar-refractivity contribution is -0.134. The van der Waals surface area contributed by atoms with E-state index in [4.69, 9.17) is 0 Å². The number of anilines is 1. The van der Waals surface area contributed by atoms with Crippen LogP contribution in [0, 0.1) is 5.92 Å². The molecule has 0 radical (unpaired) electrons. The summed E-state index contributed by atoms with van der Waals surface area (Å²) < 4.78 is 0. The highest BCUT2D eigenvalue weighted by atomic mass is 16.2. The molecule has 1 aliphatic rings. The number of carbonyl (C=O) groups is 1. The first-order valence-electron chi connectivity index (χ1n) is 8.33. The fraction of sp³-hybridized carbons (Fsp3) is 0.750. The molecule has 0 N–H and O–H groups in total. The van der Waals surface area contributed by atoms with Crippen LogP contribution in [0.3, 0.4) is 0 Å². The van der Waals surface area contributed by atoms with Crippen LogP contribution in [-0.4, -0.2) is 52.2 Å². The third-order valence-electron chi connectivity index (χ3n) is 4.08. The van der Waals surface area contributed by atoms with Gasteiger partial charge in [-0.3, -0.25) is 4.79 Å². The Balaban J connectivity index is 2.09. The second-order valence-corrected chi connectivity index (χ2v) is 6.03. The average molecular weight is 305 g/mol. The molecule has 0 spiro atoms. The maximum Gasteiger partial charge on any atom is 0.245 e. The first-order chi connectivity index (χ1) is 10.6. The summed E-state index contributed by atoms with van der Waals surface area (Å²) in [5, 5.41) is 8.61. The highest BCUT2D eigenvalue weighted by Crippen LogP contribution is 2.14.